The molecular weight excluding hydrogens is 226 g/mol. The number of aromatic nitrogens is 2. The number of pyridine rings is 1. The fourth-order valence-corrected chi connectivity index (χ4v) is 2.01. The van der Waals surface area contributed by atoms with E-state index in [-0.39, 0.29) is 0 Å². The van der Waals surface area contributed by atoms with Crippen LogP contribution in [0.1, 0.15) is 16.1 Å². The van der Waals surface area contributed by atoms with Gasteiger partial charge in [0.2, 0.25) is 0 Å². The van der Waals surface area contributed by atoms with E-state index in [0.29, 0.717) is 12.1 Å². The summed E-state index contributed by atoms with van der Waals surface area (Å²) in [5.41, 5.74) is 8.64. The predicted molar refractivity (Wildman–Crippen MR) is 71.1 cm³/mol. The van der Waals surface area contributed by atoms with Crippen LogP contribution in [0.3, 0.4) is 0 Å². The SMILES string of the molecule is C=CCn1c(-c2cccnc2)cc(C(N)=O)c1C. The zero-order chi connectivity index (χ0) is 13.1. The van der Waals surface area contributed by atoms with Gasteiger partial charge in [-0.25, -0.2) is 0 Å². The molecule has 0 unspecified atom stereocenters. The van der Waals surface area contributed by atoms with Crippen LogP contribution < -0.4 is 5.73 Å². The number of nitrogens with two attached hydrogens (primary N) is 1. The highest BCUT2D eigenvalue weighted by Gasteiger charge is 2.15. The second kappa shape index (κ2) is 4.87. The first-order valence-corrected chi connectivity index (χ1v) is 5.66. The molecule has 4 nitrogen and oxygen atoms in total. The Morgan fingerprint density at radius 1 is 1.61 bits per heavy atom. The molecule has 18 heavy (non-hydrogen) atoms. The van der Waals surface area contributed by atoms with Crippen molar-refractivity contribution in [2.75, 3.05) is 0 Å². The number of hydrogen-bond donors (Lipinski definition) is 1. The van der Waals surface area contributed by atoms with Crippen LogP contribution in [0.5, 0.6) is 0 Å². The summed E-state index contributed by atoms with van der Waals surface area (Å²) >= 11 is 0. The van der Waals surface area contributed by atoms with E-state index in [1.807, 2.05) is 23.6 Å². The van der Waals surface area contributed by atoms with Crippen molar-refractivity contribution in [1.29, 1.82) is 0 Å². The van der Waals surface area contributed by atoms with Gasteiger partial charge >= 0.3 is 0 Å². The van der Waals surface area contributed by atoms with E-state index >= 15 is 0 Å². The maximum absolute atomic E-state index is 11.4. The van der Waals surface area contributed by atoms with Crippen molar-refractivity contribution in [3.63, 3.8) is 0 Å². The van der Waals surface area contributed by atoms with Crippen LogP contribution in [0.4, 0.5) is 0 Å². The maximum atomic E-state index is 11.4. The molecule has 92 valence electrons. The molecule has 2 aromatic rings. The van der Waals surface area contributed by atoms with Gasteiger partial charge in [-0.2, -0.15) is 0 Å². The summed E-state index contributed by atoms with van der Waals surface area (Å²) in [5.74, 6) is -0.416. The van der Waals surface area contributed by atoms with E-state index in [1.54, 1.807) is 24.5 Å². The highest BCUT2D eigenvalue weighted by Crippen LogP contribution is 2.25. The molecule has 0 saturated carbocycles. The third kappa shape index (κ3) is 2.05. The molecule has 1 amide bonds. The maximum Gasteiger partial charge on any atom is 0.250 e. The molecule has 2 rings (SSSR count). The van der Waals surface area contributed by atoms with Crippen LogP contribution in [0, 0.1) is 6.92 Å². The largest absolute Gasteiger partial charge is 0.366 e. The molecule has 0 aliphatic rings. The Bertz CT molecular complexity index is 585. The minimum absolute atomic E-state index is 0.416. The van der Waals surface area contributed by atoms with Crippen molar-refractivity contribution in [3.05, 3.63) is 54.5 Å². The van der Waals surface area contributed by atoms with Crippen LogP contribution in [0.25, 0.3) is 11.3 Å². The average Bonchev–Trinajstić information content (AvgIpc) is 2.69. The lowest BCUT2D eigenvalue weighted by Crippen LogP contribution is -2.12. The first-order valence-electron chi connectivity index (χ1n) is 5.66. The van der Waals surface area contributed by atoms with Gasteiger partial charge in [-0.05, 0) is 25.1 Å². The van der Waals surface area contributed by atoms with E-state index in [4.69, 9.17) is 5.73 Å². The average molecular weight is 241 g/mol. The van der Waals surface area contributed by atoms with Crippen LogP contribution in [0.2, 0.25) is 0 Å². The molecule has 2 aromatic heterocycles. The molecule has 2 heterocycles. The Hall–Kier alpha value is -2.36. The Labute approximate surface area is 106 Å². The molecule has 0 saturated heterocycles. The summed E-state index contributed by atoms with van der Waals surface area (Å²) in [5, 5.41) is 0. The third-order valence-electron chi connectivity index (χ3n) is 2.90. The van der Waals surface area contributed by atoms with Gasteiger partial charge in [0.1, 0.15) is 0 Å². The fourth-order valence-electron chi connectivity index (χ4n) is 2.01. The summed E-state index contributed by atoms with van der Waals surface area (Å²) < 4.78 is 2.00. The van der Waals surface area contributed by atoms with Crippen LogP contribution in [0.15, 0.2) is 43.2 Å². The van der Waals surface area contributed by atoms with E-state index in [2.05, 4.69) is 11.6 Å². The molecule has 0 radical (unpaired) electrons. The van der Waals surface area contributed by atoms with Gasteiger partial charge in [-0.3, -0.25) is 9.78 Å². The number of carbonyl (C=O) groups is 1. The molecule has 0 bridgehead atoms. The molecule has 0 atom stereocenters. The number of amides is 1. The Balaban J connectivity index is 2.62. The van der Waals surface area contributed by atoms with Crippen LogP contribution in [-0.2, 0) is 6.54 Å². The van der Waals surface area contributed by atoms with Crippen molar-refractivity contribution < 1.29 is 4.79 Å². The van der Waals surface area contributed by atoms with Crippen molar-refractivity contribution in [3.8, 4) is 11.3 Å². The van der Waals surface area contributed by atoms with Crippen molar-refractivity contribution in [1.82, 2.24) is 9.55 Å². The van der Waals surface area contributed by atoms with Gasteiger partial charge in [-0.15, -0.1) is 6.58 Å². The zero-order valence-electron chi connectivity index (χ0n) is 10.3. The number of hydrogen-bond acceptors (Lipinski definition) is 2. The molecule has 0 aliphatic heterocycles. The summed E-state index contributed by atoms with van der Waals surface area (Å²) in [6.45, 7) is 6.24. The fraction of sp³-hybridized carbons (Fsp3) is 0.143. The van der Waals surface area contributed by atoms with Crippen LogP contribution >= 0.6 is 0 Å². The van der Waals surface area contributed by atoms with Gasteiger partial charge < -0.3 is 10.3 Å². The molecule has 0 spiro atoms. The smallest absolute Gasteiger partial charge is 0.250 e. The lowest BCUT2D eigenvalue weighted by molar-refractivity contribution is 0.0999. The van der Waals surface area contributed by atoms with Gasteiger partial charge in [0, 0.05) is 30.2 Å². The zero-order valence-corrected chi connectivity index (χ0v) is 10.3. The summed E-state index contributed by atoms with van der Waals surface area (Å²) in [4.78, 5) is 15.5. The second-order valence-electron chi connectivity index (χ2n) is 4.03. The topological polar surface area (TPSA) is 60.9 Å². The summed E-state index contributed by atoms with van der Waals surface area (Å²) in [6.07, 6.45) is 5.27. The van der Waals surface area contributed by atoms with Gasteiger partial charge in [0.25, 0.3) is 5.91 Å². The molecule has 0 fully saturated rings. The van der Waals surface area contributed by atoms with Crippen molar-refractivity contribution in [2.45, 2.75) is 13.5 Å². The highest BCUT2D eigenvalue weighted by molar-refractivity contribution is 5.95. The second-order valence-corrected chi connectivity index (χ2v) is 4.03. The first kappa shape index (κ1) is 12.1. The normalized spacial score (nSPS) is 10.3. The standard InChI is InChI=1S/C14H15N3O/c1-3-7-17-10(2)12(14(15)18)8-13(17)11-5-4-6-16-9-11/h3-6,8-9H,1,7H2,2H3,(H2,15,18). The minimum atomic E-state index is -0.416. The van der Waals surface area contributed by atoms with Crippen molar-refractivity contribution >= 4 is 5.91 Å². The molecule has 0 aromatic carbocycles. The van der Waals surface area contributed by atoms with E-state index in [9.17, 15) is 4.79 Å². The number of rotatable bonds is 4. The minimum Gasteiger partial charge on any atom is -0.366 e. The van der Waals surface area contributed by atoms with Gasteiger partial charge in [0.05, 0.1) is 11.3 Å². The number of carbonyl (C=O) groups excluding carboxylic acids is 1. The molecule has 0 aliphatic carbocycles. The molecule has 4 heteroatoms. The Morgan fingerprint density at radius 3 is 2.94 bits per heavy atom. The summed E-state index contributed by atoms with van der Waals surface area (Å²) in [6, 6.07) is 5.62. The van der Waals surface area contributed by atoms with Gasteiger partial charge in [-0.1, -0.05) is 6.08 Å². The van der Waals surface area contributed by atoms with Crippen molar-refractivity contribution in [2.24, 2.45) is 5.73 Å². The van der Waals surface area contributed by atoms with E-state index < -0.39 is 5.91 Å². The lowest BCUT2D eigenvalue weighted by Gasteiger charge is -2.08. The molecule has 2 N–H and O–H groups in total. The molecular formula is C14H15N3O. The number of allylic oxidation sites excluding steroid dienone is 1. The number of nitrogens with zero attached hydrogens (tertiary/aromatic N) is 2. The Morgan fingerprint density at radius 2 is 2.39 bits per heavy atom. The van der Waals surface area contributed by atoms with E-state index in [1.165, 1.54) is 0 Å². The quantitative estimate of drug-likeness (QED) is 0.834. The third-order valence-corrected chi connectivity index (χ3v) is 2.90. The Kier molecular flexibility index (Phi) is 3.28. The monoisotopic (exact) mass is 241 g/mol. The van der Waals surface area contributed by atoms with Crippen LogP contribution in [-0.4, -0.2) is 15.5 Å². The predicted octanol–water partition coefficient (Wildman–Crippen LogP) is 2.14. The first-order chi connectivity index (χ1) is 8.65. The summed E-state index contributed by atoms with van der Waals surface area (Å²) in [7, 11) is 0. The number of primary amides is 1. The van der Waals surface area contributed by atoms with E-state index in [0.717, 1.165) is 17.0 Å². The lowest BCUT2D eigenvalue weighted by atomic mass is 10.2. The highest BCUT2D eigenvalue weighted by atomic mass is 16.1. The van der Waals surface area contributed by atoms with Gasteiger partial charge in [0.15, 0.2) is 0 Å².